The first-order valence-electron chi connectivity index (χ1n) is 8.91. The molecule has 0 saturated carbocycles. The van der Waals surface area contributed by atoms with E-state index in [1.54, 1.807) is 78.6 Å². The molecule has 1 aromatic carbocycles. The van der Waals surface area contributed by atoms with Crippen molar-refractivity contribution in [1.82, 2.24) is 19.7 Å². The van der Waals surface area contributed by atoms with Crippen molar-refractivity contribution in [2.75, 3.05) is 0 Å². The first-order chi connectivity index (χ1) is 13.9. The number of nitrogens with one attached hydrogen (secondary N) is 1. The van der Waals surface area contributed by atoms with Gasteiger partial charge in [-0.2, -0.15) is 0 Å². The number of carbonyl (C=O) groups is 1. The van der Waals surface area contributed by atoms with Gasteiger partial charge in [0.1, 0.15) is 5.65 Å². The fourth-order valence-corrected chi connectivity index (χ4v) is 4.42. The van der Waals surface area contributed by atoms with Crippen molar-refractivity contribution >= 4 is 21.4 Å². The van der Waals surface area contributed by atoms with Gasteiger partial charge >= 0.3 is 0 Å². The normalized spacial score (nSPS) is 11.5. The predicted octanol–water partition coefficient (Wildman–Crippen LogP) is 2.80. The van der Waals surface area contributed by atoms with Crippen molar-refractivity contribution in [1.29, 1.82) is 0 Å². The number of fused-ring (bicyclic) bond motifs is 1. The highest BCUT2D eigenvalue weighted by Gasteiger charge is 2.20. The zero-order valence-electron chi connectivity index (χ0n) is 15.6. The van der Waals surface area contributed by atoms with Crippen molar-refractivity contribution in [3.63, 3.8) is 0 Å². The van der Waals surface area contributed by atoms with Crippen LogP contribution in [0.5, 0.6) is 0 Å². The number of aryl methyl sites for hydroxylation is 1. The third kappa shape index (κ3) is 3.74. The summed E-state index contributed by atoms with van der Waals surface area (Å²) in [5.41, 5.74) is 2.72. The van der Waals surface area contributed by atoms with E-state index >= 15 is 0 Å². The Morgan fingerprint density at radius 1 is 1.07 bits per heavy atom. The second-order valence-electron chi connectivity index (χ2n) is 6.58. The number of hydrogen-bond donors (Lipinski definition) is 1. The fourth-order valence-electron chi connectivity index (χ4n) is 2.98. The third-order valence-electron chi connectivity index (χ3n) is 4.62. The lowest BCUT2D eigenvalue weighted by Gasteiger charge is -2.09. The van der Waals surface area contributed by atoms with Crippen LogP contribution in [0.4, 0.5) is 0 Å². The maximum Gasteiger partial charge on any atom is 0.253 e. The minimum absolute atomic E-state index is 0.189. The van der Waals surface area contributed by atoms with Crippen molar-refractivity contribution < 1.29 is 13.2 Å². The van der Waals surface area contributed by atoms with Gasteiger partial charge in [0, 0.05) is 37.5 Å². The highest BCUT2D eigenvalue weighted by atomic mass is 32.2. The fraction of sp³-hybridized carbons (Fsp3) is 0.0952. The Balaban J connectivity index is 1.47. The van der Waals surface area contributed by atoms with Gasteiger partial charge < -0.3 is 9.72 Å². The molecule has 3 aromatic heterocycles. The van der Waals surface area contributed by atoms with Crippen LogP contribution in [0.15, 0.2) is 83.2 Å². The quantitative estimate of drug-likeness (QED) is 0.550. The van der Waals surface area contributed by atoms with E-state index in [4.69, 9.17) is 0 Å². The maximum absolute atomic E-state index is 12.8. The number of imidazole rings is 1. The standard InChI is InChI=1S/C21H18N4O3S/c1-15-8-9-22-13-19(15)29(27,28)18-5-2-16(3-6-18)12-24-21(26)17-4-7-20-23-10-11-25(20)14-17/h2-11,13-14H,12H2,1H3,(H,24,26). The van der Waals surface area contributed by atoms with Gasteiger partial charge in [-0.1, -0.05) is 12.1 Å². The third-order valence-corrected chi connectivity index (χ3v) is 6.52. The van der Waals surface area contributed by atoms with Crippen molar-refractivity contribution in [3.8, 4) is 0 Å². The van der Waals surface area contributed by atoms with Gasteiger partial charge in [-0.3, -0.25) is 9.78 Å². The molecular formula is C21H18N4O3S. The molecule has 1 amide bonds. The summed E-state index contributed by atoms with van der Waals surface area (Å²) in [7, 11) is -3.63. The topological polar surface area (TPSA) is 93.4 Å². The van der Waals surface area contributed by atoms with E-state index in [-0.39, 0.29) is 22.2 Å². The number of rotatable bonds is 5. The van der Waals surface area contributed by atoms with Crippen molar-refractivity contribution in [2.45, 2.75) is 23.3 Å². The monoisotopic (exact) mass is 406 g/mol. The number of amides is 1. The van der Waals surface area contributed by atoms with E-state index < -0.39 is 9.84 Å². The molecule has 29 heavy (non-hydrogen) atoms. The largest absolute Gasteiger partial charge is 0.348 e. The van der Waals surface area contributed by atoms with Crippen LogP contribution in [0.25, 0.3) is 5.65 Å². The molecule has 146 valence electrons. The van der Waals surface area contributed by atoms with Gasteiger partial charge in [-0.05, 0) is 48.4 Å². The van der Waals surface area contributed by atoms with Gasteiger partial charge in [0.25, 0.3) is 5.91 Å². The van der Waals surface area contributed by atoms with Gasteiger partial charge in [0.15, 0.2) is 0 Å². The number of carbonyl (C=O) groups excluding carboxylic acids is 1. The minimum Gasteiger partial charge on any atom is -0.348 e. The molecule has 4 rings (SSSR count). The molecule has 8 heteroatoms. The average molecular weight is 406 g/mol. The van der Waals surface area contributed by atoms with Gasteiger partial charge in [-0.25, -0.2) is 13.4 Å². The summed E-state index contributed by atoms with van der Waals surface area (Å²) < 4.78 is 27.3. The molecule has 0 radical (unpaired) electrons. The Morgan fingerprint density at radius 3 is 2.62 bits per heavy atom. The van der Waals surface area contributed by atoms with Crippen LogP contribution >= 0.6 is 0 Å². The lowest BCUT2D eigenvalue weighted by atomic mass is 10.2. The van der Waals surface area contributed by atoms with E-state index in [0.29, 0.717) is 11.1 Å². The smallest absolute Gasteiger partial charge is 0.253 e. The number of aromatic nitrogens is 3. The molecule has 0 unspecified atom stereocenters. The molecule has 0 atom stereocenters. The number of pyridine rings is 2. The molecule has 1 N–H and O–H groups in total. The Hall–Kier alpha value is -3.52. The summed E-state index contributed by atoms with van der Waals surface area (Å²) in [6, 6.07) is 11.6. The summed E-state index contributed by atoms with van der Waals surface area (Å²) in [6.07, 6.45) is 8.07. The van der Waals surface area contributed by atoms with Crippen LogP contribution in [0.3, 0.4) is 0 Å². The van der Waals surface area contributed by atoms with Gasteiger partial charge in [-0.15, -0.1) is 0 Å². The van der Waals surface area contributed by atoms with Crippen LogP contribution in [0, 0.1) is 6.92 Å². The van der Waals surface area contributed by atoms with E-state index in [0.717, 1.165) is 11.2 Å². The Morgan fingerprint density at radius 2 is 1.86 bits per heavy atom. The highest BCUT2D eigenvalue weighted by Crippen LogP contribution is 2.23. The first kappa shape index (κ1) is 18.8. The van der Waals surface area contributed by atoms with Gasteiger partial charge in [0.2, 0.25) is 9.84 Å². The predicted molar refractivity (Wildman–Crippen MR) is 107 cm³/mol. The van der Waals surface area contributed by atoms with E-state index in [1.165, 1.54) is 6.20 Å². The molecule has 0 bridgehead atoms. The number of nitrogens with zero attached hydrogens (tertiary/aromatic N) is 3. The molecule has 0 fully saturated rings. The summed E-state index contributed by atoms with van der Waals surface area (Å²) in [6.45, 7) is 2.02. The van der Waals surface area contributed by atoms with Crippen LogP contribution in [-0.2, 0) is 16.4 Å². The second kappa shape index (κ2) is 7.48. The molecule has 0 aliphatic rings. The van der Waals surface area contributed by atoms with E-state index in [1.807, 2.05) is 0 Å². The maximum atomic E-state index is 12.8. The van der Waals surface area contributed by atoms with Crippen molar-refractivity contribution in [2.24, 2.45) is 0 Å². The molecular weight excluding hydrogens is 388 g/mol. The summed E-state index contributed by atoms with van der Waals surface area (Å²) in [4.78, 5) is 20.8. The zero-order valence-corrected chi connectivity index (χ0v) is 16.4. The lowest BCUT2D eigenvalue weighted by Crippen LogP contribution is -2.23. The second-order valence-corrected chi connectivity index (χ2v) is 8.50. The number of hydrogen-bond acceptors (Lipinski definition) is 5. The lowest BCUT2D eigenvalue weighted by molar-refractivity contribution is 0.0950. The Bertz CT molecular complexity index is 1300. The van der Waals surface area contributed by atoms with Gasteiger partial charge in [0.05, 0.1) is 15.4 Å². The minimum atomic E-state index is -3.63. The first-order valence-corrected chi connectivity index (χ1v) is 10.4. The van der Waals surface area contributed by atoms with E-state index in [9.17, 15) is 13.2 Å². The molecule has 3 heterocycles. The number of sulfone groups is 1. The molecule has 0 aliphatic carbocycles. The van der Waals surface area contributed by atoms with Crippen molar-refractivity contribution in [3.05, 3.63) is 90.1 Å². The van der Waals surface area contributed by atoms with Crippen LogP contribution in [0.2, 0.25) is 0 Å². The summed E-state index contributed by atoms with van der Waals surface area (Å²) in [5.74, 6) is -0.219. The molecule has 0 aliphatic heterocycles. The highest BCUT2D eigenvalue weighted by molar-refractivity contribution is 7.91. The molecule has 4 aromatic rings. The van der Waals surface area contributed by atoms with Crippen LogP contribution in [0.1, 0.15) is 21.5 Å². The average Bonchev–Trinajstić information content (AvgIpc) is 3.20. The molecule has 0 spiro atoms. The van der Waals surface area contributed by atoms with Crippen LogP contribution in [-0.4, -0.2) is 28.7 Å². The van der Waals surface area contributed by atoms with E-state index in [2.05, 4.69) is 15.3 Å². The Labute approximate surface area is 168 Å². The Kier molecular flexibility index (Phi) is 4.85. The summed E-state index contributed by atoms with van der Waals surface area (Å²) >= 11 is 0. The molecule has 7 nitrogen and oxygen atoms in total. The zero-order chi connectivity index (χ0) is 20.4. The molecule has 0 saturated heterocycles. The summed E-state index contributed by atoms with van der Waals surface area (Å²) in [5, 5.41) is 2.84. The SMILES string of the molecule is Cc1ccncc1S(=O)(=O)c1ccc(CNC(=O)c2ccc3nccn3c2)cc1. The number of benzene rings is 1. The van der Waals surface area contributed by atoms with Crippen LogP contribution < -0.4 is 5.32 Å².